The zero-order valence-electron chi connectivity index (χ0n) is 5.86. The number of hydrogen-bond donors (Lipinski definition) is 1. The molecule has 1 aliphatic rings. The summed E-state index contributed by atoms with van der Waals surface area (Å²) < 4.78 is 0. The molecule has 0 aromatic rings. The number of hydrogen-bond acceptors (Lipinski definition) is 2. The van der Waals surface area contributed by atoms with Gasteiger partial charge in [-0.25, -0.2) is 14.5 Å². The van der Waals surface area contributed by atoms with Gasteiger partial charge in [-0.2, -0.15) is 0 Å². The van der Waals surface area contributed by atoms with Crippen molar-refractivity contribution in [2.24, 2.45) is 0 Å². The first-order chi connectivity index (χ1) is 4.66. The molecule has 2 amide bonds. The molecule has 1 N–H and O–H groups in total. The first-order valence-electron chi connectivity index (χ1n) is 2.99. The van der Waals surface area contributed by atoms with E-state index < -0.39 is 0 Å². The summed E-state index contributed by atoms with van der Waals surface area (Å²) in [5, 5.41) is 0.0434. The number of carbonyl (C=O) groups is 2. The maximum atomic E-state index is 10.9. The van der Waals surface area contributed by atoms with Crippen LogP contribution in [0.1, 0.15) is 6.92 Å². The predicted molar refractivity (Wildman–Crippen MR) is 35.5 cm³/mol. The van der Waals surface area contributed by atoms with Gasteiger partial charge in [-0.15, -0.1) is 0 Å². The number of quaternary nitrogens is 1. The summed E-state index contributed by atoms with van der Waals surface area (Å²) in [5.74, 6) is -0.549. The second-order valence-corrected chi connectivity index (χ2v) is 2.42. The summed E-state index contributed by atoms with van der Waals surface area (Å²) in [6.07, 6.45) is 1.17. The fourth-order valence-corrected chi connectivity index (χ4v) is 1.07. The lowest BCUT2D eigenvalue weighted by molar-refractivity contribution is -0.727. The summed E-state index contributed by atoms with van der Waals surface area (Å²) >= 11 is 5.40. The smallest absolute Gasteiger partial charge is 0.363 e. The van der Waals surface area contributed by atoms with Gasteiger partial charge in [-0.1, -0.05) is 11.6 Å². The number of halogens is 2. The molecule has 1 unspecified atom stereocenters. The summed E-state index contributed by atoms with van der Waals surface area (Å²) in [5.41, 5.74) is 0. The molecule has 0 spiro atoms. The fraction of sp³-hybridized carbons (Fsp3) is 0.333. The topological polar surface area (TPSA) is 38.6 Å². The molecule has 0 saturated heterocycles. The minimum absolute atomic E-state index is 0. The van der Waals surface area contributed by atoms with Crippen molar-refractivity contribution >= 4 is 23.4 Å². The van der Waals surface area contributed by atoms with Crippen LogP contribution in [-0.2, 0) is 9.59 Å². The second-order valence-electron chi connectivity index (χ2n) is 2.02. The molecule has 0 radical (unpaired) electrons. The van der Waals surface area contributed by atoms with E-state index in [1.165, 1.54) is 6.08 Å². The molecule has 1 heterocycles. The Bertz CT molecular complexity index is 225. The highest BCUT2D eigenvalue weighted by Gasteiger charge is 2.34. The number of amides is 2. The van der Waals surface area contributed by atoms with Crippen LogP contribution in [0.15, 0.2) is 11.1 Å². The van der Waals surface area contributed by atoms with Crippen LogP contribution < -0.4 is 17.3 Å². The summed E-state index contributed by atoms with van der Waals surface area (Å²) in [6.45, 7) is 2.22. The van der Waals surface area contributed by atoms with Gasteiger partial charge in [0, 0.05) is 0 Å². The van der Waals surface area contributed by atoms with Crippen LogP contribution in [0.25, 0.3) is 0 Å². The molecule has 62 valence electrons. The lowest BCUT2D eigenvalue weighted by Gasteiger charge is -2.01. The highest BCUT2D eigenvalue weighted by molar-refractivity contribution is 6.43. The number of rotatable bonds is 1. The van der Waals surface area contributed by atoms with E-state index in [2.05, 4.69) is 0 Å². The van der Waals surface area contributed by atoms with Crippen molar-refractivity contribution in [1.29, 1.82) is 0 Å². The number of carbonyl (C=O) groups excluding carboxylic acids is 2. The molecule has 0 fully saturated rings. The molecule has 0 aromatic heterocycles. The van der Waals surface area contributed by atoms with Crippen molar-refractivity contribution in [2.75, 3.05) is 6.54 Å². The maximum Gasteiger partial charge on any atom is 0.363 e. The van der Waals surface area contributed by atoms with E-state index >= 15 is 0 Å². The molecule has 11 heavy (non-hydrogen) atoms. The highest BCUT2D eigenvalue weighted by Crippen LogP contribution is 2.01. The standard InChI is InChI=1S/C6H6ClNO2.ClH/c1-2-8-5(9)3-4(7)6(8)10;/h3H,2H2,1H3;1H. The first kappa shape index (κ1) is 10.6. The van der Waals surface area contributed by atoms with Crippen LogP contribution in [0.3, 0.4) is 0 Å². The number of imide groups is 1. The van der Waals surface area contributed by atoms with Crippen LogP contribution >= 0.6 is 11.6 Å². The lowest BCUT2D eigenvalue weighted by Crippen LogP contribution is -3.15. The molecule has 1 atom stereocenters. The second kappa shape index (κ2) is 3.85. The van der Waals surface area contributed by atoms with E-state index in [9.17, 15) is 9.59 Å². The van der Waals surface area contributed by atoms with E-state index in [1.54, 1.807) is 6.92 Å². The van der Waals surface area contributed by atoms with Gasteiger partial charge in [0.2, 0.25) is 0 Å². The summed E-state index contributed by atoms with van der Waals surface area (Å²) in [7, 11) is 0. The zero-order chi connectivity index (χ0) is 7.72. The monoisotopic (exact) mass is 195 g/mol. The molecule has 1 rings (SSSR count). The minimum atomic E-state index is -0.311. The van der Waals surface area contributed by atoms with Gasteiger partial charge in [0.1, 0.15) is 0 Å². The van der Waals surface area contributed by atoms with Crippen molar-refractivity contribution in [1.82, 2.24) is 0 Å². The molecule has 0 saturated carbocycles. The Morgan fingerprint density at radius 2 is 2.09 bits per heavy atom. The van der Waals surface area contributed by atoms with E-state index in [4.69, 9.17) is 11.6 Å². The van der Waals surface area contributed by atoms with Crippen LogP contribution in [0.5, 0.6) is 0 Å². The van der Waals surface area contributed by atoms with E-state index in [-0.39, 0.29) is 29.3 Å². The van der Waals surface area contributed by atoms with Crippen LogP contribution in [0.4, 0.5) is 0 Å². The molecule has 1 aliphatic heterocycles. The van der Waals surface area contributed by atoms with Crippen molar-refractivity contribution in [3.63, 3.8) is 0 Å². The Balaban J connectivity index is 0.000001000. The first-order valence-corrected chi connectivity index (χ1v) is 3.36. The largest absolute Gasteiger partial charge is 1.00 e. The maximum absolute atomic E-state index is 10.9. The predicted octanol–water partition coefficient (Wildman–Crippen LogP) is -3.92. The Kier molecular flexibility index (Phi) is 3.72. The van der Waals surface area contributed by atoms with Crippen molar-refractivity contribution < 1.29 is 26.9 Å². The van der Waals surface area contributed by atoms with Crippen molar-refractivity contribution in [3.8, 4) is 0 Å². The van der Waals surface area contributed by atoms with Crippen molar-refractivity contribution in [2.45, 2.75) is 6.92 Å². The van der Waals surface area contributed by atoms with Gasteiger partial charge in [0.25, 0.3) is 0 Å². The fourth-order valence-electron chi connectivity index (χ4n) is 0.859. The number of likely N-dealkylation sites (N-methyl/N-ethyl adjacent to an activating group) is 1. The number of nitrogens with one attached hydrogen (secondary N) is 1. The SMILES string of the molecule is CC[NH+]1C(=O)C=C(Cl)C1=O.[Cl-]. The van der Waals surface area contributed by atoms with Crippen LogP contribution in [-0.4, -0.2) is 18.4 Å². The molecule has 3 nitrogen and oxygen atoms in total. The van der Waals surface area contributed by atoms with Gasteiger partial charge >= 0.3 is 11.8 Å². The molecule has 0 aromatic carbocycles. The quantitative estimate of drug-likeness (QED) is 0.435. The molecular formula is C6H7Cl2NO2. The van der Waals surface area contributed by atoms with Crippen LogP contribution in [0, 0.1) is 0 Å². The van der Waals surface area contributed by atoms with E-state index in [1.807, 2.05) is 0 Å². The van der Waals surface area contributed by atoms with E-state index in [0.717, 1.165) is 0 Å². The van der Waals surface area contributed by atoms with Gasteiger partial charge < -0.3 is 12.4 Å². The average Bonchev–Trinajstić information content (AvgIpc) is 2.09. The third-order valence-electron chi connectivity index (χ3n) is 1.40. The van der Waals surface area contributed by atoms with Crippen LogP contribution in [0.2, 0.25) is 0 Å². The highest BCUT2D eigenvalue weighted by atomic mass is 35.5. The Labute approximate surface area is 75.4 Å². The molecule has 0 aliphatic carbocycles. The normalized spacial score (nSPS) is 23.1. The Hall–Kier alpha value is -0.380. The summed E-state index contributed by atoms with van der Waals surface area (Å²) in [6, 6.07) is 0. The van der Waals surface area contributed by atoms with E-state index in [0.29, 0.717) is 11.4 Å². The molecular weight excluding hydrogens is 189 g/mol. The lowest BCUT2D eigenvalue weighted by atomic mass is 10.5. The van der Waals surface area contributed by atoms with Gasteiger partial charge in [0.15, 0.2) is 5.03 Å². The zero-order valence-corrected chi connectivity index (χ0v) is 7.37. The summed E-state index contributed by atoms with van der Waals surface area (Å²) in [4.78, 5) is 22.0. The third kappa shape index (κ3) is 1.80. The molecule has 5 heteroatoms. The third-order valence-corrected chi connectivity index (χ3v) is 1.68. The Morgan fingerprint density at radius 3 is 2.27 bits per heavy atom. The van der Waals surface area contributed by atoms with Gasteiger partial charge in [-0.05, 0) is 6.92 Å². The van der Waals surface area contributed by atoms with Gasteiger partial charge in [-0.3, -0.25) is 0 Å². The van der Waals surface area contributed by atoms with Crippen molar-refractivity contribution in [3.05, 3.63) is 11.1 Å². The minimum Gasteiger partial charge on any atom is -1.00 e. The Morgan fingerprint density at radius 1 is 1.55 bits per heavy atom. The average molecular weight is 196 g/mol. The van der Waals surface area contributed by atoms with Gasteiger partial charge in [0.05, 0.1) is 12.6 Å². The molecule has 0 bridgehead atoms.